The van der Waals surface area contributed by atoms with Gasteiger partial charge in [-0.05, 0) is 13.3 Å². The number of Topliss-reactive ketones (excluding diaryl/α,β-unsaturated/α-hetero) is 1. The van der Waals surface area contributed by atoms with Crippen LogP contribution in [0.2, 0.25) is 0 Å². The summed E-state index contributed by atoms with van der Waals surface area (Å²) in [6.07, 6.45) is -0.246. The zero-order valence-electron chi connectivity index (χ0n) is 9.14. The van der Waals surface area contributed by atoms with Crippen molar-refractivity contribution >= 4 is 17.8 Å². The van der Waals surface area contributed by atoms with Crippen LogP contribution in [-0.4, -0.2) is 47.5 Å². The summed E-state index contributed by atoms with van der Waals surface area (Å²) >= 11 is 0. The van der Waals surface area contributed by atoms with Gasteiger partial charge in [0, 0.05) is 19.5 Å². The molecule has 16 heavy (non-hydrogen) atoms. The van der Waals surface area contributed by atoms with Crippen LogP contribution in [0.4, 0.5) is 4.79 Å². The Bertz CT molecular complexity index is 302. The van der Waals surface area contributed by atoms with Gasteiger partial charge in [-0.1, -0.05) is 0 Å². The molecule has 0 aromatic rings. The second kappa shape index (κ2) is 5.48. The quantitative estimate of drug-likeness (QED) is 0.697. The Hall–Kier alpha value is -1.59. The van der Waals surface area contributed by atoms with Gasteiger partial charge in [-0.15, -0.1) is 0 Å². The third kappa shape index (κ3) is 2.95. The molecule has 6 heteroatoms. The van der Waals surface area contributed by atoms with E-state index in [0.29, 0.717) is 0 Å². The highest BCUT2D eigenvalue weighted by Gasteiger charge is 2.31. The Balaban J connectivity index is 2.60. The first-order valence-electron chi connectivity index (χ1n) is 5.23. The SMILES string of the molecule is CCOC(=O)N1CCC(=O)C(C(=O)O)CC1. The van der Waals surface area contributed by atoms with Crippen molar-refractivity contribution in [1.29, 1.82) is 0 Å². The lowest BCUT2D eigenvalue weighted by Gasteiger charge is -2.18. The summed E-state index contributed by atoms with van der Waals surface area (Å²) in [7, 11) is 0. The van der Waals surface area contributed by atoms with Crippen LogP contribution in [0.3, 0.4) is 0 Å². The number of carboxylic acid groups (broad SMARTS) is 1. The minimum Gasteiger partial charge on any atom is -0.481 e. The van der Waals surface area contributed by atoms with E-state index in [1.54, 1.807) is 6.92 Å². The number of aliphatic carboxylic acids is 1. The van der Waals surface area contributed by atoms with Gasteiger partial charge in [0.15, 0.2) is 0 Å². The summed E-state index contributed by atoms with van der Waals surface area (Å²) in [6.45, 7) is 2.45. The van der Waals surface area contributed by atoms with Crippen molar-refractivity contribution in [3.63, 3.8) is 0 Å². The summed E-state index contributed by atoms with van der Waals surface area (Å²) in [5, 5.41) is 8.81. The maximum atomic E-state index is 11.4. The van der Waals surface area contributed by atoms with E-state index < -0.39 is 18.0 Å². The van der Waals surface area contributed by atoms with Crippen LogP contribution in [0.25, 0.3) is 0 Å². The van der Waals surface area contributed by atoms with Gasteiger partial charge in [0.25, 0.3) is 0 Å². The number of hydrogen-bond donors (Lipinski definition) is 1. The molecule has 1 amide bonds. The lowest BCUT2D eigenvalue weighted by molar-refractivity contribution is -0.146. The summed E-state index contributed by atoms with van der Waals surface area (Å²) in [5.74, 6) is -2.42. The molecule has 1 heterocycles. The largest absolute Gasteiger partial charge is 0.481 e. The van der Waals surface area contributed by atoms with Crippen LogP contribution in [0, 0.1) is 5.92 Å². The number of nitrogens with zero attached hydrogens (tertiary/aromatic N) is 1. The Kier molecular flexibility index (Phi) is 4.28. The second-order valence-electron chi connectivity index (χ2n) is 3.58. The van der Waals surface area contributed by atoms with E-state index in [1.165, 1.54) is 4.90 Å². The van der Waals surface area contributed by atoms with Gasteiger partial charge in [-0.25, -0.2) is 4.79 Å². The molecule has 0 bridgehead atoms. The molecule has 1 aliphatic heterocycles. The monoisotopic (exact) mass is 229 g/mol. The van der Waals surface area contributed by atoms with Gasteiger partial charge in [0.2, 0.25) is 0 Å². The molecular weight excluding hydrogens is 214 g/mol. The second-order valence-corrected chi connectivity index (χ2v) is 3.58. The lowest BCUT2D eigenvalue weighted by atomic mass is 10.00. The molecule has 0 radical (unpaired) electrons. The number of likely N-dealkylation sites (tertiary alicyclic amines) is 1. The zero-order chi connectivity index (χ0) is 12.1. The van der Waals surface area contributed by atoms with E-state index in [0.717, 1.165) is 0 Å². The molecule has 6 nitrogen and oxygen atoms in total. The highest BCUT2D eigenvalue weighted by molar-refractivity contribution is 5.98. The van der Waals surface area contributed by atoms with E-state index in [-0.39, 0.29) is 38.3 Å². The van der Waals surface area contributed by atoms with E-state index >= 15 is 0 Å². The van der Waals surface area contributed by atoms with Crippen molar-refractivity contribution in [3.05, 3.63) is 0 Å². The van der Waals surface area contributed by atoms with Gasteiger partial charge in [0.05, 0.1) is 6.61 Å². The van der Waals surface area contributed by atoms with Gasteiger partial charge in [0.1, 0.15) is 11.7 Å². The number of hydrogen-bond acceptors (Lipinski definition) is 4. The topological polar surface area (TPSA) is 83.9 Å². The molecule has 1 unspecified atom stereocenters. The van der Waals surface area contributed by atoms with Crippen LogP contribution in [0.1, 0.15) is 19.8 Å². The van der Waals surface area contributed by atoms with E-state index in [1.807, 2.05) is 0 Å². The molecular formula is C10H15NO5. The van der Waals surface area contributed by atoms with E-state index in [9.17, 15) is 14.4 Å². The highest BCUT2D eigenvalue weighted by atomic mass is 16.6. The minimum atomic E-state index is -1.12. The first-order valence-corrected chi connectivity index (χ1v) is 5.23. The summed E-state index contributed by atoms with van der Waals surface area (Å²) in [4.78, 5) is 34.9. The third-order valence-corrected chi connectivity index (χ3v) is 2.53. The molecule has 1 rings (SSSR count). The summed E-state index contributed by atoms with van der Waals surface area (Å²) < 4.78 is 4.80. The zero-order valence-corrected chi connectivity index (χ0v) is 9.14. The number of ether oxygens (including phenoxy) is 1. The lowest BCUT2D eigenvalue weighted by Crippen LogP contribution is -2.32. The summed E-state index contributed by atoms with van der Waals surface area (Å²) in [6, 6.07) is 0. The first kappa shape index (κ1) is 12.5. The molecule has 0 aromatic heterocycles. The summed E-state index contributed by atoms with van der Waals surface area (Å²) in [5.41, 5.74) is 0. The highest BCUT2D eigenvalue weighted by Crippen LogP contribution is 2.15. The fraction of sp³-hybridized carbons (Fsp3) is 0.700. The molecule has 0 aliphatic carbocycles. The van der Waals surface area contributed by atoms with Gasteiger partial charge < -0.3 is 14.7 Å². The van der Waals surface area contributed by atoms with Crippen LogP contribution < -0.4 is 0 Å². The van der Waals surface area contributed by atoms with Crippen molar-refractivity contribution in [3.8, 4) is 0 Å². The number of rotatable bonds is 2. The van der Waals surface area contributed by atoms with Crippen LogP contribution in [-0.2, 0) is 14.3 Å². The number of carbonyl (C=O) groups is 3. The fourth-order valence-corrected chi connectivity index (χ4v) is 1.64. The van der Waals surface area contributed by atoms with E-state index in [2.05, 4.69) is 0 Å². The van der Waals surface area contributed by atoms with Crippen LogP contribution >= 0.6 is 0 Å². The maximum Gasteiger partial charge on any atom is 0.409 e. The van der Waals surface area contributed by atoms with Crippen molar-refractivity contribution in [2.24, 2.45) is 5.92 Å². The average molecular weight is 229 g/mol. The van der Waals surface area contributed by atoms with Crippen LogP contribution in [0.15, 0.2) is 0 Å². The number of carbonyl (C=O) groups excluding carboxylic acids is 2. The number of carboxylic acids is 1. The fourth-order valence-electron chi connectivity index (χ4n) is 1.64. The molecule has 1 atom stereocenters. The van der Waals surface area contributed by atoms with Crippen LogP contribution in [0.5, 0.6) is 0 Å². The van der Waals surface area contributed by atoms with Gasteiger partial charge in [-0.2, -0.15) is 0 Å². The third-order valence-electron chi connectivity index (χ3n) is 2.53. The Morgan fingerprint density at radius 3 is 2.75 bits per heavy atom. The maximum absolute atomic E-state index is 11.4. The van der Waals surface area contributed by atoms with Crippen molar-refractivity contribution in [2.45, 2.75) is 19.8 Å². The number of ketones is 1. The van der Waals surface area contributed by atoms with Crippen molar-refractivity contribution in [2.75, 3.05) is 19.7 Å². The molecule has 90 valence electrons. The van der Waals surface area contributed by atoms with Crippen molar-refractivity contribution in [1.82, 2.24) is 4.90 Å². The smallest absolute Gasteiger partial charge is 0.409 e. The Morgan fingerprint density at radius 2 is 2.19 bits per heavy atom. The number of amides is 1. The molecule has 1 fully saturated rings. The normalized spacial score (nSPS) is 21.4. The van der Waals surface area contributed by atoms with E-state index in [4.69, 9.17) is 9.84 Å². The van der Waals surface area contributed by atoms with Gasteiger partial charge in [-0.3, -0.25) is 9.59 Å². The Morgan fingerprint density at radius 1 is 1.50 bits per heavy atom. The molecule has 0 saturated carbocycles. The standard InChI is InChI=1S/C10H15NO5/c1-2-16-10(15)11-5-3-7(9(13)14)8(12)4-6-11/h7H,2-6H2,1H3,(H,13,14). The predicted octanol–water partition coefficient (Wildman–Crippen LogP) is 0.509. The Labute approximate surface area is 93.2 Å². The van der Waals surface area contributed by atoms with Crippen molar-refractivity contribution < 1.29 is 24.2 Å². The molecule has 0 aromatic carbocycles. The first-order chi connectivity index (χ1) is 7.56. The average Bonchev–Trinajstić information content (AvgIpc) is 2.40. The molecule has 1 aliphatic rings. The molecule has 1 saturated heterocycles. The molecule has 1 N–H and O–H groups in total. The van der Waals surface area contributed by atoms with Gasteiger partial charge >= 0.3 is 12.1 Å². The molecule has 0 spiro atoms. The minimum absolute atomic E-state index is 0.0791. The predicted molar refractivity (Wildman–Crippen MR) is 54.0 cm³/mol.